The molecule has 42 heavy (non-hydrogen) atoms. The van der Waals surface area contributed by atoms with E-state index in [-0.39, 0.29) is 26.3 Å². The fraction of sp³-hybridized carbons (Fsp3) is 0.172. The van der Waals surface area contributed by atoms with Crippen LogP contribution >= 0.6 is 23.2 Å². The first-order valence-corrected chi connectivity index (χ1v) is 14.6. The number of halogens is 5. The summed E-state index contributed by atoms with van der Waals surface area (Å²) < 4.78 is 70.3. The predicted molar refractivity (Wildman–Crippen MR) is 158 cm³/mol. The van der Waals surface area contributed by atoms with Crippen LogP contribution in [0.4, 0.5) is 18.9 Å². The summed E-state index contributed by atoms with van der Waals surface area (Å²) in [5, 5.41) is 4.27. The van der Waals surface area contributed by atoms with Crippen molar-refractivity contribution in [3.05, 3.63) is 111 Å². The molecule has 0 aliphatic rings. The molecule has 220 valence electrons. The Kier molecular flexibility index (Phi) is 9.05. The van der Waals surface area contributed by atoms with E-state index in [0.717, 1.165) is 15.9 Å². The largest absolute Gasteiger partial charge is 0.418 e. The zero-order valence-corrected chi connectivity index (χ0v) is 24.9. The van der Waals surface area contributed by atoms with Crippen LogP contribution in [0.3, 0.4) is 0 Å². The van der Waals surface area contributed by atoms with Gasteiger partial charge in [-0.15, -0.1) is 0 Å². The SMILES string of the molecule is Cc1ccc(S(=O)(=O)N(CC(=O)N/N=C\c2cc(C)n(-c3ccccc3C(F)(F)F)c2C)c2cc(Cl)cc(Cl)c2)cc1. The van der Waals surface area contributed by atoms with Crippen molar-refractivity contribution in [2.24, 2.45) is 5.10 Å². The molecule has 1 aromatic heterocycles. The molecule has 0 saturated heterocycles. The Morgan fingerprint density at radius 1 is 0.976 bits per heavy atom. The minimum Gasteiger partial charge on any atom is -0.317 e. The van der Waals surface area contributed by atoms with Crippen LogP contribution in [-0.4, -0.2) is 31.7 Å². The molecule has 3 aromatic carbocycles. The summed E-state index contributed by atoms with van der Waals surface area (Å²) in [5.74, 6) is -0.783. The lowest BCUT2D eigenvalue weighted by molar-refractivity contribution is -0.137. The van der Waals surface area contributed by atoms with E-state index in [9.17, 15) is 26.4 Å². The second-order valence-corrected chi connectivity index (χ2v) is 12.2. The highest BCUT2D eigenvalue weighted by molar-refractivity contribution is 7.92. The summed E-state index contributed by atoms with van der Waals surface area (Å²) in [6.07, 6.45) is -3.28. The van der Waals surface area contributed by atoms with E-state index in [4.69, 9.17) is 23.2 Å². The standard InChI is InChI=1S/C29H25Cl2F3N4O3S/c1-18-8-10-25(11-9-18)42(40,41)37(24-14-22(30)13-23(31)15-24)17-28(39)36-35-16-21-12-19(2)38(20(21)3)27-7-5-4-6-26(27)29(32,33)34/h4-16H,17H2,1-3H3,(H,36,39)/b35-16-. The van der Waals surface area contributed by atoms with Crippen LogP contribution in [0.1, 0.15) is 28.1 Å². The molecule has 0 bridgehead atoms. The molecule has 0 saturated carbocycles. The number of nitrogens with one attached hydrogen (secondary N) is 1. The number of aromatic nitrogens is 1. The first kappa shape index (κ1) is 31.1. The van der Waals surface area contributed by atoms with Crippen molar-refractivity contribution in [1.82, 2.24) is 9.99 Å². The Balaban J connectivity index is 1.60. The number of alkyl halides is 3. The number of hydrogen-bond acceptors (Lipinski definition) is 4. The summed E-state index contributed by atoms with van der Waals surface area (Å²) in [6, 6.07) is 17.1. The van der Waals surface area contributed by atoms with Crippen LogP contribution in [0.5, 0.6) is 0 Å². The van der Waals surface area contributed by atoms with E-state index in [1.54, 1.807) is 32.0 Å². The van der Waals surface area contributed by atoms with Gasteiger partial charge in [0.2, 0.25) is 0 Å². The van der Waals surface area contributed by atoms with Gasteiger partial charge >= 0.3 is 6.18 Å². The van der Waals surface area contributed by atoms with Crippen molar-refractivity contribution in [2.45, 2.75) is 31.8 Å². The number of hydrazone groups is 1. The molecule has 0 radical (unpaired) electrons. The van der Waals surface area contributed by atoms with Crippen LogP contribution < -0.4 is 9.73 Å². The first-order chi connectivity index (χ1) is 19.7. The molecule has 0 aliphatic carbocycles. The highest BCUT2D eigenvalue weighted by Gasteiger charge is 2.34. The Labute approximate surface area is 251 Å². The van der Waals surface area contributed by atoms with Gasteiger partial charge in [0.15, 0.2) is 0 Å². The number of rotatable bonds is 8. The number of amides is 1. The minimum absolute atomic E-state index is 0.0409. The molecule has 13 heteroatoms. The summed E-state index contributed by atoms with van der Waals surface area (Å²) in [6.45, 7) is 4.42. The van der Waals surface area contributed by atoms with Gasteiger partial charge in [-0.05, 0) is 69.3 Å². The number of nitrogens with zero attached hydrogens (tertiary/aromatic N) is 3. The molecular weight excluding hydrogens is 612 g/mol. The van der Waals surface area contributed by atoms with Crippen molar-refractivity contribution in [1.29, 1.82) is 0 Å². The van der Waals surface area contributed by atoms with Gasteiger partial charge < -0.3 is 4.57 Å². The third-order valence-electron chi connectivity index (χ3n) is 6.35. The number of anilines is 1. The molecule has 1 amide bonds. The van der Waals surface area contributed by atoms with Gasteiger partial charge in [0, 0.05) is 27.0 Å². The number of carbonyl (C=O) groups excluding carboxylic acids is 1. The third-order valence-corrected chi connectivity index (χ3v) is 8.57. The van der Waals surface area contributed by atoms with Crippen LogP contribution in [0.25, 0.3) is 5.69 Å². The summed E-state index contributed by atoms with van der Waals surface area (Å²) in [7, 11) is -4.22. The Hall–Kier alpha value is -3.80. The zero-order chi connectivity index (χ0) is 30.8. The molecule has 0 unspecified atom stereocenters. The molecule has 4 rings (SSSR count). The van der Waals surface area contributed by atoms with Crippen LogP contribution in [-0.2, 0) is 21.0 Å². The second kappa shape index (κ2) is 12.2. The zero-order valence-electron chi connectivity index (χ0n) is 22.6. The number of sulfonamides is 1. The van der Waals surface area contributed by atoms with Gasteiger partial charge in [0.05, 0.1) is 28.0 Å². The van der Waals surface area contributed by atoms with Gasteiger partial charge in [0.1, 0.15) is 6.54 Å². The van der Waals surface area contributed by atoms with Crippen molar-refractivity contribution in [2.75, 3.05) is 10.8 Å². The maximum absolute atomic E-state index is 13.6. The Bertz CT molecular complexity index is 1750. The molecular formula is C29H25Cl2F3N4O3S. The average molecular weight is 638 g/mol. The fourth-order valence-electron chi connectivity index (χ4n) is 4.37. The van der Waals surface area contributed by atoms with Crippen molar-refractivity contribution < 1.29 is 26.4 Å². The quantitative estimate of drug-likeness (QED) is 0.166. The number of hydrogen-bond donors (Lipinski definition) is 1. The maximum atomic E-state index is 13.6. The van der Waals surface area contributed by atoms with Crippen molar-refractivity contribution >= 4 is 51.0 Å². The van der Waals surface area contributed by atoms with Gasteiger partial charge in [-0.25, -0.2) is 13.8 Å². The van der Waals surface area contributed by atoms with Gasteiger partial charge in [-0.2, -0.15) is 18.3 Å². The number of aryl methyl sites for hydroxylation is 2. The molecule has 0 atom stereocenters. The number of para-hydroxylation sites is 1. The van der Waals surface area contributed by atoms with E-state index in [1.165, 1.54) is 59.3 Å². The number of benzene rings is 3. The molecule has 1 N–H and O–H groups in total. The minimum atomic E-state index is -4.56. The van der Waals surface area contributed by atoms with Crippen LogP contribution in [0.15, 0.2) is 82.8 Å². The summed E-state index contributed by atoms with van der Waals surface area (Å²) in [5.41, 5.74) is 3.81. The van der Waals surface area contributed by atoms with Gasteiger partial charge in [-0.1, -0.05) is 53.0 Å². The van der Waals surface area contributed by atoms with Crippen molar-refractivity contribution in [3.8, 4) is 5.69 Å². The molecule has 7 nitrogen and oxygen atoms in total. The predicted octanol–water partition coefficient (Wildman–Crippen LogP) is 7.07. The summed E-state index contributed by atoms with van der Waals surface area (Å²) >= 11 is 12.2. The average Bonchev–Trinajstić information content (AvgIpc) is 3.18. The van der Waals surface area contributed by atoms with E-state index in [0.29, 0.717) is 17.0 Å². The monoisotopic (exact) mass is 636 g/mol. The molecule has 0 spiro atoms. The highest BCUT2D eigenvalue weighted by Crippen LogP contribution is 2.35. The molecule has 1 heterocycles. The van der Waals surface area contributed by atoms with Gasteiger partial charge in [0.25, 0.3) is 15.9 Å². The molecule has 0 fully saturated rings. The lowest BCUT2D eigenvalue weighted by Crippen LogP contribution is -2.39. The third kappa shape index (κ3) is 6.80. The molecule has 0 aliphatic heterocycles. The maximum Gasteiger partial charge on any atom is 0.418 e. The number of carbonyl (C=O) groups is 1. The summed E-state index contributed by atoms with van der Waals surface area (Å²) in [4.78, 5) is 12.9. The van der Waals surface area contributed by atoms with E-state index >= 15 is 0 Å². The van der Waals surface area contributed by atoms with E-state index in [1.807, 2.05) is 6.92 Å². The van der Waals surface area contributed by atoms with E-state index in [2.05, 4.69) is 10.5 Å². The van der Waals surface area contributed by atoms with Crippen molar-refractivity contribution in [3.63, 3.8) is 0 Å². The fourth-order valence-corrected chi connectivity index (χ4v) is 6.29. The van der Waals surface area contributed by atoms with E-state index < -0.39 is 34.2 Å². The second-order valence-electron chi connectivity index (χ2n) is 9.42. The smallest absolute Gasteiger partial charge is 0.317 e. The first-order valence-electron chi connectivity index (χ1n) is 12.4. The Morgan fingerprint density at radius 2 is 1.60 bits per heavy atom. The van der Waals surface area contributed by atoms with Gasteiger partial charge in [-0.3, -0.25) is 9.10 Å². The van der Waals surface area contributed by atoms with Crippen LogP contribution in [0, 0.1) is 20.8 Å². The lowest BCUT2D eigenvalue weighted by atomic mass is 10.1. The topological polar surface area (TPSA) is 83.8 Å². The van der Waals surface area contributed by atoms with Crippen LogP contribution in [0.2, 0.25) is 10.0 Å². The Morgan fingerprint density at radius 3 is 2.21 bits per heavy atom. The highest BCUT2D eigenvalue weighted by atomic mass is 35.5. The molecule has 4 aromatic rings. The lowest BCUT2D eigenvalue weighted by Gasteiger charge is -2.24. The normalized spacial score (nSPS) is 12.1.